The molecule has 5 heterocycles. The van der Waals surface area contributed by atoms with E-state index in [0.717, 1.165) is 54.4 Å². The molecule has 4 unspecified atom stereocenters. The number of sulfonamides is 1. The number of amides is 2. The number of aliphatic hydroxyl groups is 2. The van der Waals surface area contributed by atoms with Crippen molar-refractivity contribution in [2.24, 2.45) is 0 Å². The molecular formula is C45H51N9O6S2. The summed E-state index contributed by atoms with van der Waals surface area (Å²) >= 11 is 1.27. The number of nitrogens with zero attached hydrogens (tertiary/aromatic N) is 6. The van der Waals surface area contributed by atoms with Gasteiger partial charge in [0.1, 0.15) is 18.5 Å². The lowest BCUT2D eigenvalue weighted by Crippen LogP contribution is -2.54. The highest BCUT2D eigenvalue weighted by atomic mass is 32.2. The number of hydrogen-bond acceptors (Lipinski definition) is 13. The van der Waals surface area contributed by atoms with Crippen LogP contribution in [0.15, 0.2) is 114 Å². The number of hydrogen-bond donors (Lipinski definition) is 5. The van der Waals surface area contributed by atoms with Gasteiger partial charge >= 0.3 is 0 Å². The molecule has 0 aliphatic carbocycles. The van der Waals surface area contributed by atoms with E-state index in [1.165, 1.54) is 15.6 Å². The quantitative estimate of drug-likeness (QED) is 0.130. The largest absolute Gasteiger partial charge is 0.379 e. The van der Waals surface area contributed by atoms with E-state index < -0.39 is 34.4 Å². The van der Waals surface area contributed by atoms with Crippen molar-refractivity contribution >= 4 is 55.4 Å². The van der Waals surface area contributed by atoms with Crippen LogP contribution in [-0.2, 0) is 26.2 Å². The number of aromatic nitrogens is 1. The zero-order chi connectivity index (χ0) is 42.8. The third-order valence-electron chi connectivity index (χ3n) is 12.3. The van der Waals surface area contributed by atoms with E-state index in [0.29, 0.717) is 61.8 Å². The highest BCUT2D eigenvalue weighted by molar-refractivity contribution is 7.89. The van der Waals surface area contributed by atoms with E-state index in [-0.39, 0.29) is 23.4 Å². The summed E-state index contributed by atoms with van der Waals surface area (Å²) in [6, 6.07) is 29.5. The van der Waals surface area contributed by atoms with E-state index in [1.807, 2.05) is 59.5 Å². The van der Waals surface area contributed by atoms with Crippen LogP contribution < -0.4 is 25.8 Å². The lowest BCUT2D eigenvalue weighted by molar-refractivity contribution is -0.132. The van der Waals surface area contributed by atoms with E-state index >= 15 is 0 Å². The van der Waals surface area contributed by atoms with Crippen LogP contribution in [0.3, 0.4) is 0 Å². The molecule has 3 saturated heterocycles. The second-order valence-electron chi connectivity index (χ2n) is 16.2. The number of carbonyl (C=O) groups is 2. The molecule has 0 bridgehead atoms. The van der Waals surface area contributed by atoms with Crippen molar-refractivity contribution in [1.29, 1.82) is 0 Å². The van der Waals surface area contributed by atoms with E-state index in [1.54, 1.807) is 41.9 Å². The Hall–Kier alpha value is -5.40. The minimum Gasteiger partial charge on any atom is -0.379 e. The van der Waals surface area contributed by atoms with Gasteiger partial charge in [-0.05, 0) is 77.6 Å². The van der Waals surface area contributed by atoms with Crippen molar-refractivity contribution < 1.29 is 28.2 Å². The first-order chi connectivity index (χ1) is 30.1. The summed E-state index contributed by atoms with van der Waals surface area (Å²) in [5, 5.41) is 31.0. The van der Waals surface area contributed by atoms with Gasteiger partial charge in [-0.25, -0.2) is 13.4 Å². The van der Waals surface area contributed by atoms with Crippen LogP contribution in [0.4, 0.5) is 22.2 Å². The molecule has 0 saturated carbocycles. The Labute approximate surface area is 365 Å². The Balaban J connectivity index is 0.761. The van der Waals surface area contributed by atoms with Gasteiger partial charge in [-0.3, -0.25) is 19.8 Å². The van der Waals surface area contributed by atoms with Crippen molar-refractivity contribution in [3.8, 4) is 11.1 Å². The Morgan fingerprint density at radius 3 is 2.13 bits per heavy atom. The molecule has 3 fully saturated rings. The fourth-order valence-corrected chi connectivity index (χ4v) is 11.1. The summed E-state index contributed by atoms with van der Waals surface area (Å²) < 4.78 is 29.6. The topological polar surface area (TPSA) is 174 Å². The second kappa shape index (κ2) is 18.1. The predicted molar refractivity (Wildman–Crippen MR) is 240 cm³/mol. The molecule has 324 valence electrons. The molecular weight excluding hydrogens is 827 g/mol. The Bertz CT molecular complexity index is 2440. The van der Waals surface area contributed by atoms with E-state index in [4.69, 9.17) is 0 Å². The maximum Gasteiger partial charge on any atom is 0.249 e. The first-order valence-corrected chi connectivity index (χ1v) is 23.4. The number of fused-ring (bicyclic) bond motifs is 1. The summed E-state index contributed by atoms with van der Waals surface area (Å²) in [6.45, 7) is 6.44. The number of anilines is 4. The average Bonchev–Trinajstić information content (AvgIpc) is 3.90. The summed E-state index contributed by atoms with van der Waals surface area (Å²) in [4.78, 5) is 40.2. The molecule has 1 aromatic heterocycles. The number of benzene rings is 4. The smallest absolute Gasteiger partial charge is 0.249 e. The Morgan fingerprint density at radius 2 is 1.47 bits per heavy atom. The highest BCUT2D eigenvalue weighted by Gasteiger charge is 2.43. The SMILES string of the molecule is O=C(Nc1nccs1)C(c1ccccc1)N1Cc2ccc(-c3ccc(N4CCN(C(=O)CN5CCN(c6ccc(NC7CCC(O)NC7O)cc6)CC5)CC4)cc3)cc2S1(=O)=O. The predicted octanol–water partition coefficient (Wildman–Crippen LogP) is 3.97. The van der Waals surface area contributed by atoms with Gasteiger partial charge < -0.3 is 35.5 Å². The highest BCUT2D eigenvalue weighted by Crippen LogP contribution is 2.40. The number of aliphatic hydroxyl groups excluding tert-OH is 2. The van der Waals surface area contributed by atoms with Crippen LogP contribution in [0.5, 0.6) is 0 Å². The summed E-state index contributed by atoms with van der Waals surface area (Å²) in [6.07, 6.45) is 1.37. The van der Waals surface area contributed by atoms with Crippen LogP contribution in [0, 0.1) is 0 Å². The normalized spacial score (nSPS) is 22.2. The lowest BCUT2D eigenvalue weighted by atomic mass is 10.0. The number of piperazine rings is 2. The van der Waals surface area contributed by atoms with Crippen LogP contribution in [0.1, 0.15) is 30.0 Å². The summed E-state index contributed by atoms with van der Waals surface area (Å²) in [7, 11) is -4.02. The zero-order valence-corrected chi connectivity index (χ0v) is 35.8. The van der Waals surface area contributed by atoms with Crippen molar-refractivity contribution in [2.75, 3.05) is 79.3 Å². The second-order valence-corrected chi connectivity index (χ2v) is 18.9. The van der Waals surface area contributed by atoms with Crippen LogP contribution in [0.2, 0.25) is 0 Å². The van der Waals surface area contributed by atoms with Gasteiger partial charge in [-0.2, -0.15) is 4.31 Å². The van der Waals surface area contributed by atoms with Gasteiger partial charge in [0.2, 0.25) is 21.8 Å². The fourth-order valence-electron chi connectivity index (χ4n) is 8.82. The molecule has 4 atom stereocenters. The molecule has 2 amide bonds. The summed E-state index contributed by atoms with van der Waals surface area (Å²) in [5.41, 5.74) is 5.94. The van der Waals surface area contributed by atoms with Crippen LogP contribution in [-0.4, -0.2) is 127 Å². The molecule has 9 rings (SSSR count). The Kier molecular flexibility index (Phi) is 12.3. The number of thiazole rings is 1. The van der Waals surface area contributed by atoms with Crippen LogP contribution in [0.25, 0.3) is 11.1 Å². The molecule has 17 heteroatoms. The van der Waals surface area contributed by atoms with Gasteiger partial charge in [0.25, 0.3) is 0 Å². The molecule has 62 heavy (non-hydrogen) atoms. The molecule has 5 N–H and O–H groups in total. The molecule has 4 aliphatic rings. The number of piperidine rings is 1. The van der Waals surface area contributed by atoms with Gasteiger partial charge in [0.15, 0.2) is 5.13 Å². The maximum absolute atomic E-state index is 14.2. The van der Waals surface area contributed by atoms with E-state index in [9.17, 15) is 28.2 Å². The Morgan fingerprint density at radius 1 is 0.806 bits per heavy atom. The maximum atomic E-state index is 14.2. The van der Waals surface area contributed by atoms with Crippen molar-refractivity contribution in [1.82, 2.24) is 24.4 Å². The summed E-state index contributed by atoms with van der Waals surface area (Å²) in [5.74, 6) is -0.318. The first kappa shape index (κ1) is 41.9. The van der Waals surface area contributed by atoms with Crippen molar-refractivity contribution in [2.45, 2.75) is 48.8 Å². The molecule has 0 spiro atoms. The minimum atomic E-state index is -4.02. The monoisotopic (exact) mass is 877 g/mol. The molecule has 15 nitrogen and oxygen atoms in total. The zero-order valence-electron chi connectivity index (χ0n) is 34.2. The third-order valence-corrected chi connectivity index (χ3v) is 14.9. The standard InChI is InChI=1S/C45H51N9O6S2/c55-40-17-16-38(43(57)48-40)47-35-10-14-37(15-11-35)51-21-19-50(20-22-51)30-41(56)53-25-23-52(24-26-53)36-12-8-31(9-13-36)33-6-7-34-29-54(62(59,60)39(34)28-33)42(32-4-2-1-3-5-32)44(58)49-45-46-18-27-61-45/h1-15,18,27-28,38,40,42-43,47-48,55,57H,16-17,19-26,29-30H2,(H,46,49,58). The average molecular weight is 878 g/mol. The first-order valence-electron chi connectivity index (χ1n) is 21.1. The van der Waals surface area contributed by atoms with Gasteiger partial charge in [-0.1, -0.05) is 54.6 Å². The fraction of sp³-hybridized carbons (Fsp3) is 0.356. The van der Waals surface area contributed by atoms with Crippen molar-refractivity contribution in [3.63, 3.8) is 0 Å². The number of nitrogens with one attached hydrogen (secondary N) is 3. The van der Waals surface area contributed by atoms with Crippen LogP contribution >= 0.6 is 11.3 Å². The van der Waals surface area contributed by atoms with Gasteiger partial charge in [0.05, 0.1) is 17.5 Å². The molecule has 4 aliphatic heterocycles. The molecule has 5 aromatic rings. The number of rotatable bonds is 11. The van der Waals surface area contributed by atoms with Gasteiger partial charge in [-0.15, -0.1) is 11.3 Å². The number of carbonyl (C=O) groups excluding carboxylic acids is 2. The molecule has 4 aromatic carbocycles. The third kappa shape index (κ3) is 9.06. The van der Waals surface area contributed by atoms with Crippen molar-refractivity contribution in [3.05, 3.63) is 120 Å². The van der Waals surface area contributed by atoms with E-state index in [2.05, 4.69) is 47.8 Å². The lowest BCUT2D eigenvalue weighted by Gasteiger charge is -2.39. The van der Waals surface area contributed by atoms with Gasteiger partial charge in [0, 0.05) is 87.5 Å². The minimum absolute atomic E-state index is 0.0712. The molecule has 0 radical (unpaired) electrons.